The molecule has 0 atom stereocenters. The van der Waals surface area contributed by atoms with E-state index >= 15 is 0 Å². The predicted octanol–water partition coefficient (Wildman–Crippen LogP) is 5.18. The number of aromatic hydroxyl groups is 1. The van der Waals surface area contributed by atoms with Crippen molar-refractivity contribution in [2.45, 2.75) is 40.0 Å². The summed E-state index contributed by atoms with van der Waals surface area (Å²) in [6, 6.07) is 4.88. The third-order valence-electron chi connectivity index (χ3n) is 4.88. The molecular weight excluding hydrogens is 332 g/mol. The molecule has 0 spiro atoms. The summed E-state index contributed by atoms with van der Waals surface area (Å²) in [5.41, 5.74) is 3.71. The van der Waals surface area contributed by atoms with Crippen molar-refractivity contribution in [1.82, 2.24) is 0 Å². The maximum absolute atomic E-state index is 12.8. The van der Waals surface area contributed by atoms with E-state index in [1.807, 2.05) is 0 Å². The van der Waals surface area contributed by atoms with Crippen molar-refractivity contribution in [2.75, 3.05) is 7.11 Å². The van der Waals surface area contributed by atoms with Gasteiger partial charge in [-0.15, -0.1) is 11.3 Å². The van der Waals surface area contributed by atoms with Gasteiger partial charge in [0, 0.05) is 16.5 Å². The highest BCUT2D eigenvalue weighted by atomic mass is 32.1. The second-order valence-corrected chi connectivity index (χ2v) is 8.63. The average molecular weight is 356 g/mol. The molecule has 2 aromatic rings. The molecule has 0 fully saturated rings. The summed E-state index contributed by atoms with van der Waals surface area (Å²) in [6.45, 7) is 6.71. The average Bonchev–Trinajstić information content (AvgIpc) is 2.88. The Morgan fingerprint density at radius 1 is 1.32 bits per heavy atom. The molecule has 1 aromatic carbocycles. The van der Waals surface area contributed by atoms with E-state index < -0.39 is 0 Å². The van der Waals surface area contributed by atoms with Crippen LogP contribution in [0.2, 0.25) is 0 Å². The van der Waals surface area contributed by atoms with Gasteiger partial charge in [0.05, 0.1) is 12.0 Å². The van der Waals surface area contributed by atoms with Crippen LogP contribution in [0.1, 0.15) is 51.5 Å². The van der Waals surface area contributed by atoms with Gasteiger partial charge < -0.3 is 9.84 Å². The molecule has 3 rings (SSSR count). The molecule has 0 amide bonds. The summed E-state index contributed by atoms with van der Waals surface area (Å²) in [5.74, 6) is 0.741. The molecule has 0 aliphatic heterocycles. The minimum absolute atomic E-state index is 0.0455. The minimum Gasteiger partial charge on any atom is -0.508 e. The van der Waals surface area contributed by atoms with Crippen molar-refractivity contribution in [3.05, 3.63) is 50.7 Å². The number of hydrogen-bond donors (Lipinski definition) is 1. The third-order valence-corrected chi connectivity index (χ3v) is 6.09. The first-order valence-corrected chi connectivity index (χ1v) is 9.33. The van der Waals surface area contributed by atoms with Gasteiger partial charge in [0.2, 0.25) is 0 Å². The molecule has 25 heavy (non-hydrogen) atoms. The van der Waals surface area contributed by atoms with E-state index in [0.29, 0.717) is 11.2 Å². The largest absolute Gasteiger partial charge is 0.508 e. The van der Waals surface area contributed by atoms with Gasteiger partial charge in [-0.3, -0.25) is 4.79 Å². The molecule has 0 saturated heterocycles. The maximum Gasteiger partial charge on any atom is 0.196 e. The van der Waals surface area contributed by atoms with Crippen molar-refractivity contribution >= 4 is 23.2 Å². The number of aryl methyl sites for hydroxylation is 1. The van der Waals surface area contributed by atoms with E-state index in [-0.39, 0.29) is 11.5 Å². The smallest absolute Gasteiger partial charge is 0.196 e. The fraction of sp³-hybridized carbons (Fsp3) is 0.381. The predicted molar refractivity (Wildman–Crippen MR) is 103 cm³/mol. The summed E-state index contributed by atoms with van der Waals surface area (Å²) in [4.78, 5) is 14.9. The van der Waals surface area contributed by atoms with Gasteiger partial charge in [0.15, 0.2) is 5.78 Å². The number of hydrogen-bond acceptors (Lipinski definition) is 4. The lowest BCUT2D eigenvalue weighted by atomic mass is 9.74. The minimum atomic E-state index is 0.0455. The van der Waals surface area contributed by atoms with Crippen molar-refractivity contribution in [2.24, 2.45) is 5.41 Å². The van der Waals surface area contributed by atoms with Gasteiger partial charge in [-0.25, -0.2) is 0 Å². The molecule has 132 valence electrons. The van der Waals surface area contributed by atoms with Crippen LogP contribution in [0, 0.1) is 12.3 Å². The lowest BCUT2D eigenvalue weighted by molar-refractivity contribution is 0.105. The Bertz CT molecular complexity index is 843. The Hall–Kier alpha value is -2.07. The second kappa shape index (κ2) is 6.68. The number of methoxy groups -OCH3 is 1. The van der Waals surface area contributed by atoms with Crippen LogP contribution in [-0.2, 0) is 12.8 Å². The summed E-state index contributed by atoms with van der Waals surface area (Å²) in [5, 5.41) is 9.53. The number of phenolic OH excluding ortho intramolecular Hbond substituents is 1. The van der Waals surface area contributed by atoms with Crippen LogP contribution in [0.5, 0.6) is 11.5 Å². The number of phenols is 1. The Morgan fingerprint density at radius 2 is 2.08 bits per heavy atom. The van der Waals surface area contributed by atoms with Crippen molar-refractivity contribution < 1.29 is 14.6 Å². The Kier molecular flexibility index (Phi) is 4.74. The fourth-order valence-corrected chi connectivity index (χ4v) is 4.57. The van der Waals surface area contributed by atoms with E-state index in [1.54, 1.807) is 48.8 Å². The van der Waals surface area contributed by atoms with Gasteiger partial charge in [-0.05, 0) is 67.0 Å². The van der Waals surface area contributed by atoms with Crippen molar-refractivity contribution in [1.29, 1.82) is 0 Å². The quantitative estimate of drug-likeness (QED) is 0.606. The molecule has 1 aliphatic carbocycles. The number of carbonyl (C=O) groups is 1. The Labute approximate surface area is 153 Å². The zero-order valence-electron chi connectivity index (χ0n) is 15.2. The van der Waals surface area contributed by atoms with Crippen LogP contribution in [0.25, 0.3) is 6.08 Å². The molecule has 3 nitrogen and oxygen atoms in total. The van der Waals surface area contributed by atoms with E-state index in [2.05, 4.69) is 20.8 Å². The van der Waals surface area contributed by atoms with Gasteiger partial charge in [0.25, 0.3) is 0 Å². The van der Waals surface area contributed by atoms with E-state index in [0.717, 1.165) is 29.7 Å². The van der Waals surface area contributed by atoms with E-state index in [1.165, 1.54) is 16.0 Å². The molecule has 4 heteroatoms. The first-order chi connectivity index (χ1) is 11.8. The number of fused-ring (bicyclic) bond motifs is 1. The second-order valence-electron chi connectivity index (χ2n) is 7.41. The summed E-state index contributed by atoms with van der Waals surface area (Å²) in [7, 11) is 1.55. The first-order valence-electron chi connectivity index (χ1n) is 8.51. The van der Waals surface area contributed by atoms with Crippen LogP contribution < -0.4 is 4.74 Å². The highest BCUT2D eigenvalue weighted by Crippen LogP contribution is 2.41. The summed E-state index contributed by atoms with van der Waals surface area (Å²) in [6.07, 6.45) is 6.51. The summed E-state index contributed by atoms with van der Waals surface area (Å²) >= 11 is 1.61. The molecule has 0 bridgehead atoms. The van der Waals surface area contributed by atoms with Crippen LogP contribution in [-0.4, -0.2) is 18.0 Å². The van der Waals surface area contributed by atoms with Crippen LogP contribution >= 0.6 is 11.3 Å². The molecule has 0 radical (unpaired) electrons. The molecule has 0 unspecified atom stereocenters. The van der Waals surface area contributed by atoms with Gasteiger partial charge >= 0.3 is 0 Å². The number of rotatable bonds is 4. The number of allylic oxidation sites excluding steroid dienone is 1. The molecule has 1 N–H and O–H groups in total. The molecule has 1 aliphatic rings. The molecule has 0 saturated carbocycles. The van der Waals surface area contributed by atoms with Gasteiger partial charge in [-0.1, -0.05) is 13.8 Å². The normalized spacial score (nSPS) is 16.0. The van der Waals surface area contributed by atoms with E-state index in [4.69, 9.17) is 4.74 Å². The Balaban J connectivity index is 1.88. The molecular formula is C21H24O3S. The fourth-order valence-electron chi connectivity index (χ4n) is 3.43. The standard InChI is InChI=1S/C21H24O3S/c1-13-17-12-21(2,3)10-9-16(17)20(25-13)18(23)8-6-14-5-7-15(22)11-19(14)24-4/h5-8,11,22H,9-10,12H2,1-4H3. The number of thiophene rings is 1. The highest BCUT2D eigenvalue weighted by Gasteiger charge is 2.30. The first kappa shape index (κ1) is 17.7. The number of benzene rings is 1. The van der Waals surface area contributed by atoms with Gasteiger partial charge in [-0.2, -0.15) is 0 Å². The topological polar surface area (TPSA) is 46.5 Å². The zero-order chi connectivity index (χ0) is 18.2. The van der Waals surface area contributed by atoms with Crippen LogP contribution in [0.3, 0.4) is 0 Å². The van der Waals surface area contributed by atoms with Crippen LogP contribution in [0.15, 0.2) is 24.3 Å². The third kappa shape index (κ3) is 3.64. The van der Waals surface area contributed by atoms with Crippen molar-refractivity contribution in [3.63, 3.8) is 0 Å². The van der Waals surface area contributed by atoms with E-state index in [9.17, 15) is 9.90 Å². The lowest BCUT2D eigenvalue weighted by Crippen LogP contribution is -2.22. The summed E-state index contributed by atoms with van der Waals surface area (Å²) < 4.78 is 5.26. The maximum atomic E-state index is 12.8. The van der Waals surface area contributed by atoms with Crippen molar-refractivity contribution in [3.8, 4) is 11.5 Å². The number of carbonyl (C=O) groups excluding carboxylic acids is 1. The highest BCUT2D eigenvalue weighted by molar-refractivity contribution is 7.14. The number of ketones is 1. The zero-order valence-corrected chi connectivity index (χ0v) is 16.0. The van der Waals surface area contributed by atoms with Crippen LogP contribution in [0.4, 0.5) is 0 Å². The lowest BCUT2D eigenvalue weighted by Gasteiger charge is -2.30. The molecule has 1 aromatic heterocycles. The Morgan fingerprint density at radius 3 is 2.80 bits per heavy atom. The molecule has 1 heterocycles. The number of ether oxygens (including phenoxy) is 1. The SMILES string of the molecule is COc1cc(O)ccc1C=CC(=O)c1sc(C)c2c1CCC(C)(C)C2. The monoisotopic (exact) mass is 356 g/mol. The van der Waals surface area contributed by atoms with Gasteiger partial charge in [0.1, 0.15) is 11.5 Å².